The zero-order valence-corrected chi connectivity index (χ0v) is 11.7. The highest BCUT2D eigenvalue weighted by Gasteiger charge is 2.00. The first-order chi connectivity index (χ1) is 9.78. The van der Waals surface area contributed by atoms with Crippen molar-refractivity contribution in [2.45, 2.75) is 0 Å². The van der Waals surface area contributed by atoms with Crippen LogP contribution in [-0.4, -0.2) is 78.0 Å². The molecule has 0 aliphatic carbocycles. The molecule has 0 unspecified atom stereocenters. The second-order valence-electron chi connectivity index (χ2n) is 3.90. The molecule has 0 saturated carbocycles. The van der Waals surface area contributed by atoms with Crippen LogP contribution >= 0.6 is 0 Å². The summed E-state index contributed by atoms with van der Waals surface area (Å²) in [5.41, 5.74) is 0. The van der Waals surface area contributed by atoms with Crippen molar-refractivity contribution in [2.75, 3.05) is 52.7 Å². The maximum absolute atomic E-state index is 8.48. The maximum atomic E-state index is 8.48. The molecule has 20 heavy (non-hydrogen) atoms. The maximum Gasteiger partial charge on any atom is 0.119 e. The highest BCUT2D eigenvalue weighted by Crippen LogP contribution is 2.07. The van der Waals surface area contributed by atoms with Crippen molar-refractivity contribution in [1.82, 2.24) is 4.90 Å². The lowest BCUT2D eigenvalue weighted by atomic mass is 10.3. The Balaban J connectivity index is 0.000000361. The van der Waals surface area contributed by atoms with Gasteiger partial charge in [0, 0.05) is 19.6 Å². The topological polar surface area (TPSA) is 93.4 Å². The van der Waals surface area contributed by atoms with E-state index in [-0.39, 0.29) is 26.4 Å². The van der Waals surface area contributed by atoms with E-state index >= 15 is 0 Å². The summed E-state index contributed by atoms with van der Waals surface area (Å²) in [6.45, 7) is 2.18. The van der Waals surface area contributed by atoms with Crippen LogP contribution in [0.4, 0.5) is 0 Å². The summed E-state index contributed by atoms with van der Waals surface area (Å²) in [4.78, 5) is 1.79. The molecule has 1 aromatic carbocycles. The minimum atomic E-state index is 0.0644. The van der Waals surface area contributed by atoms with Gasteiger partial charge in [-0.25, -0.2) is 0 Å². The molecular formula is C14H25NO5. The van der Waals surface area contributed by atoms with Crippen molar-refractivity contribution in [3.8, 4) is 5.75 Å². The van der Waals surface area contributed by atoms with Gasteiger partial charge in [0.1, 0.15) is 12.4 Å². The fourth-order valence-corrected chi connectivity index (χ4v) is 1.44. The molecule has 0 spiro atoms. The van der Waals surface area contributed by atoms with Crippen LogP contribution in [0.3, 0.4) is 0 Å². The minimum Gasteiger partial charge on any atom is -0.491 e. The lowest BCUT2D eigenvalue weighted by Gasteiger charge is -2.17. The molecule has 0 fully saturated rings. The van der Waals surface area contributed by atoms with Crippen molar-refractivity contribution in [2.24, 2.45) is 0 Å². The minimum absolute atomic E-state index is 0.0644. The predicted octanol–water partition coefficient (Wildman–Crippen LogP) is -0.677. The van der Waals surface area contributed by atoms with E-state index in [4.69, 9.17) is 25.2 Å². The Hall–Kier alpha value is -1.18. The molecule has 0 atom stereocenters. The lowest BCUT2D eigenvalue weighted by Crippen LogP contribution is -2.32. The molecule has 0 aliphatic heterocycles. The lowest BCUT2D eigenvalue weighted by molar-refractivity contribution is 0.136. The van der Waals surface area contributed by atoms with Gasteiger partial charge in [-0.05, 0) is 12.1 Å². The van der Waals surface area contributed by atoms with E-state index in [1.54, 1.807) is 4.90 Å². The quantitative estimate of drug-likeness (QED) is 0.481. The number of hydrogen-bond donors (Lipinski definition) is 4. The molecule has 0 saturated heterocycles. The molecule has 4 N–H and O–H groups in total. The Bertz CT molecular complexity index is 283. The van der Waals surface area contributed by atoms with Crippen LogP contribution in [0, 0.1) is 0 Å². The first kappa shape index (κ1) is 18.8. The number of ether oxygens (including phenoxy) is 1. The molecule has 0 amide bonds. The molecule has 0 radical (unpaired) electrons. The number of hydrogen-bond acceptors (Lipinski definition) is 6. The van der Waals surface area contributed by atoms with E-state index in [1.807, 2.05) is 30.3 Å². The highest BCUT2D eigenvalue weighted by atomic mass is 16.5. The second kappa shape index (κ2) is 14.2. The molecular weight excluding hydrogens is 262 g/mol. The highest BCUT2D eigenvalue weighted by molar-refractivity contribution is 5.20. The summed E-state index contributed by atoms with van der Waals surface area (Å²) in [6, 6.07) is 9.43. The van der Waals surface area contributed by atoms with Crippen LogP contribution in [0.1, 0.15) is 0 Å². The van der Waals surface area contributed by atoms with Gasteiger partial charge in [0.15, 0.2) is 0 Å². The summed E-state index contributed by atoms with van der Waals surface area (Å²) in [5.74, 6) is 0.802. The van der Waals surface area contributed by atoms with Crippen molar-refractivity contribution in [1.29, 1.82) is 0 Å². The van der Waals surface area contributed by atoms with Crippen LogP contribution in [0.2, 0.25) is 0 Å². The van der Waals surface area contributed by atoms with Gasteiger partial charge >= 0.3 is 0 Å². The molecule has 1 aromatic rings. The van der Waals surface area contributed by atoms with Gasteiger partial charge in [-0.3, -0.25) is 4.90 Å². The number of aliphatic hydroxyl groups excluding tert-OH is 4. The standard InChI is InChI=1S/C8H10O2.C6H15NO3/c9-6-7-10-8-4-2-1-3-5-8;8-4-1-7(2-5-9)3-6-10/h1-5,9H,6-7H2;8-10H,1-6H2. The predicted molar refractivity (Wildman–Crippen MR) is 76.7 cm³/mol. The number of para-hydroxylation sites is 1. The fraction of sp³-hybridized carbons (Fsp3) is 0.571. The van der Waals surface area contributed by atoms with E-state index in [2.05, 4.69) is 0 Å². The molecule has 0 heterocycles. The van der Waals surface area contributed by atoms with Gasteiger partial charge in [0.05, 0.1) is 26.4 Å². The van der Waals surface area contributed by atoms with Crippen molar-refractivity contribution >= 4 is 0 Å². The Kier molecular flexibility index (Phi) is 13.4. The van der Waals surface area contributed by atoms with E-state index in [1.165, 1.54) is 0 Å². The molecule has 0 bridgehead atoms. The van der Waals surface area contributed by atoms with E-state index in [0.717, 1.165) is 5.75 Å². The third-order valence-electron chi connectivity index (χ3n) is 2.35. The fourth-order valence-electron chi connectivity index (χ4n) is 1.44. The summed E-state index contributed by atoms with van der Waals surface area (Å²) >= 11 is 0. The molecule has 0 aliphatic rings. The van der Waals surface area contributed by atoms with Crippen LogP contribution in [0.15, 0.2) is 30.3 Å². The van der Waals surface area contributed by atoms with E-state index in [9.17, 15) is 0 Å². The monoisotopic (exact) mass is 287 g/mol. The summed E-state index contributed by atoms with van der Waals surface area (Å²) in [7, 11) is 0. The Morgan fingerprint density at radius 2 is 1.25 bits per heavy atom. The first-order valence-corrected chi connectivity index (χ1v) is 6.62. The summed E-state index contributed by atoms with van der Waals surface area (Å²) in [5, 5.41) is 33.9. The Labute approximate surface area is 119 Å². The zero-order chi connectivity index (χ0) is 15.1. The van der Waals surface area contributed by atoms with Crippen molar-refractivity contribution in [3.63, 3.8) is 0 Å². The average molecular weight is 287 g/mol. The van der Waals surface area contributed by atoms with Gasteiger partial charge in [-0.15, -0.1) is 0 Å². The second-order valence-corrected chi connectivity index (χ2v) is 3.90. The van der Waals surface area contributed by atoms with Gasteiger partial charge in [-0.2, -0.15) is 0 Å². The van der Waals surface area contributed by atoms with Gasteiger partial charge in [0.25, 0.3) is 0 Å². The summed E-state index contributed by atoms with van der Waals surface area (Å²) in [6.07, 6.45) is 0. The van der Waals surface area contributed by atoms with Crippen LogP contribution in [-0.2, 0) is 0 Å². The molecule has 0 aromatic heterocycles. The first-order valence-electron chi connectivity index (χ1n) is 6.62. The average Bonchev–Trinajstić information content (AvgIpc) is 2.48. The van der Waals surface area contributed by atoms with Crippen LogP contribution in [0.5, 0.6) is 5.75 Å². The van der Waals surface area contributed by atoms with E-state index < -0.39 is 0 Å². The van der Waals surface area contributed by atoms with Gasteiger partial charge < -0.3 is 25.2 Å². The Morgan fingerprint density at radius 1 is 0.750 bits per heavy atom. The van der Waals surface area contributed by atoms with Crippen molar-refractivity contribution in [3.05, 3.63) is 30.3 Å². The largest absolute Gasteiger partial charge is 0.491 e. The van der Waals surface area contributed by atoms with Gasteiger partial charge in [-0.1, -0.05) is 18.2 Å². The molecule has 1 rings (SSSR count). The third kappa shape index (κ3) is 10.7. The number of aliphatic hydroxyl groups is 4. The normalized spacial score (nSPS) is 10.1. The third-order valence-corrected chi connectivity index (χ3v) is 2.35. The molecule has 6 heteroatoms. The van der Waals surface area contributed by atoms with Crippen LogP contribution in [0.25, 0.3) is 0 Å². The van der Waals surface area contributed by atoms with Gasteiger partial charge in [0.2, 0.25) is 0 Å². The number of nitrogens with zero attached hydrogens (tertiary/aromatic N) is 1. The zero-order valence-electron chi connectivity index (χ0n) is 11.7. The van der Waals surface area contributed by atoms with Crippen molar-refractivity contribution < 1.29 is 25.2 Å². The molecule has 6 nitrogen and oxygen atoms in total. The van der Waals surface area contributed by atoms with E-state index in [0.29, 0.717) is 26.2 Å². The SMILES string of the molecule is OCCN(CCO)CCO.OCCOc1ccccc1. The summed E-state index contributed by atoms with van der Waals surface area (Å²) < 4.78 is 5.11. The number of benzene rings is 1. The Morgan fingerprint density at radius 3 is 1.65 bits per heavy atom. The smallest absolute Gasteiger partial charge is 0.119 e. The molecule has 116 valence electrons. The number of rotatable bonds is 9. The van der Waals surface area contributed by atoms with Crippen LogP contribution < -0.4 is 4.74 Å².